The normalized spacial score (nSPS) is 18.1. The number of methoxy groups -OCH3 is 2. The predicted molar refractivity (Wildman–Crippen MR) is 277 cm³/mol. The van der Waals surface area contributed by atoms with Crippen LogP contribution in [0.15, 0.2) is 42.5 Å². The van der Waals surface area contributed by atoms with E-state index < -0.39 is 41.5 Å². The first-order chi connectivity index (χ1) is 36.0. The van der Waals surface area contributed by atoms with Crippen LogP contribution in [0.1, 0.15) is 85.1 Å². The quantitative estimate of drug-likeness (QED) is 0.0633. The van der Waals surface area contributed by atoms with Crippen LogP contribution < -0.4 is 16.0 Å². The van der Waals surface area contributed by atoms with Gasteiger partial charge < -0.3 is 63.6 Å². The number of rotatable bonds is 39. The number of carbonyl (C=O) groups excluding carboxylic acids is 7. The minimum absolute atomic E-state index is 0.000892. The van der Waals surface area contributed by atoms with E-state index in [9.17, 15) is 33.6 Å². The van der Waals surface area contributed by atoms with Crippen molar-refractivity contribution >= 4 is 41.4 Å². The van der Waals surface area contributed by atoms with Crippen LogP contribution in [-0.2, 0) is 76.9 Å². The molecule has 6 unspecified atom stereocenters. The summed E-state index contributed by atoms with van der Waals surface area (Å²) >= 11 is 0. The Hall–Kier alpha value is -4.87. The van der Waals surface area contributed by atoms with E-state index in [2.05, 4.69) is 28.1 Å². The molecule has 1 aromatic rings. The Morgan fingerprint density at radius 3 is 1.84 bits per heavy atom. The molecule has 7 amide bonds. The van der Waals surface area contributed by atoms with E-state index in [0.29, 0.717) is 85.4 Å². The summed E-state index contributed by atoms with van der Waals surface area (Å²) in [5, 5.41) is 8.57. The second-order valence-corrected chi connectivity index (χ2v) is 20.0. The van der Waals surface area contributed by atoms with Crippen LogP contribution >= 0.6 is 0 Å². The van der Waals surface area contributed by atoms with Gasteiger partial charge in [-0.2, -0.15) is 0 Å². The lowest BCUT2D eigenvalue weighted by molar-refractivity contribution is -0.146. The molecule has 0 bridgehead atoms. The first kappa shape index (κ1) is 62.7. The molecule has 1 aliphatic carbocycles. The van der Waals surface area contributed by atoms with Crippen LogP contribution in [0, 0.1) is 11.8 Å². The van der Waals surface area contributed by atoms with Crippen LogP contribution in [0.2, 0.25) is 0 Å². The molecule has 1 saturated heterocycles. The molecule has 4 rings (SSSR count). The number of carbonyl (C=O) groups is 7. The highest BCUT2D eigenvalue weighted by molar-refractivity contribution is 6.12. The average Bonchev–Trinajstić information content (AvgIpc) is 3.92. The maximum atomic E-state index is 14.2. The number of ether oxygens (including phenoxy) is 8. The molecule has 0 radical (unpaired) electrons. The number of hydrogen-bond donors (Lipinski definition) is 3. The van der Waals surface area contributed by atoms with Gasteiger partial charge in [-0.15, -0.1) is 0 Å². The Morgan fingerprint density at radius 1 is 0.773 bits per heavy atom. The second kappa shape index (κ2) is 32.7. The number of hydrogen-bond acceptors (Lipinski definition) is 15. The van der Waals surface area contributed by atoms with Gasteiger partial charge in [0.05, 0.1) is 129 Å². The molecular formula is C54H86N6O15. The molecule has 2 heterocycles. The standard InChI is InChI=1S/C54H86N6O15/c1-9-39(2)49(43(68-7)36-47(64)59-22-13-16-42(59)50(69-8)40(3)51(66)56-38-54(20-21-54)41-14-11-10-12-15-41)58(6)48(65)37-55-52(67)53(4,5)57-44(61)19-24-70-26-28-72-30-32-74-34-35-75-33-31-73-29-27-71-25-23-60-45(62)17-18-46(60)63/h10-12,14-15,17-18,39-40,42-43,49-50H,9,13,16,19-38H2,1-8H3,(H,55,67)(H,56,66)(H,57,61). The summed E-state index contributed by atoms with van der Waals surface area (Å²) in [6, 6.07) is 9.43. The predicted octanol–water partition coefficient (Wildman–Crippen LogP) is 2.18. The van der Waals surface area contributed by atoms with E-state index in [-0.39, 0.29) is 92.7 Å². The number of likely N-dealkylation sites (tertiary alicyclic amines) is 1. The summed E-state index contributed by atoms with van der Waals surface area (Å²) in [6.07, 6.45) is 5.48. The minimum Gasteiger partial charge on any atom is -0.379 e. The number of likely N-dealkylation sites (N-methyl/N-ethyl adjacent to an activating group) is 1. The third-order valence-corrected chi connectivity index (χ3v) is 14.3. The minimum atomic E-state index is -1.34. The zero-order chi connectivity index (χ0) is 54.8. The van der Waals surface area contributed by atoms with E-state index in [0.717, 1.165) is 24.2 Å². The number of imide groups is 1. The third-order valence-electron chi connectivity index (χ3n) is 14.3. The SMILES string of the molecule is CCC(C)C(C(CC(=O)N1CCCC1C(OC)C(C)C(=O)NCC1(c2ccccc2)CC1)OC)N(C)C(=O)CNC(=O)C(C)(C)NC(=O)CCOCCOCCOCCOCCOCCOCCN1C(=O)C=CC1=O. The van der Waals surface area contributed by atoms with Crippen molar-refractivity contribution in [2.75, 3.05) is 127 Å². The lowest BCUT2D eigenvalue weighted by Gasteiger charge is -2.39. The molecule has 1 saturated carbocycles. The zero-order valence-electron chi connectivity index (χ0n) is 45.7. The molecular weight excluding hydrogens is 973 g/mol. The Balaban J connectivity index is 1.07. The molecule has 422 valence electrons. The fraction of sp³-hybridized carbons (Fsp3) is 0.722. The molecule has 3 aliphatic rings. The van der Waals surface area contributed by atoms with E-state index in [4.69, 9.17) is 37.9 Å². The highest BCUT2D eigenvalue weighted by atomic mass is 16.6. The van der Waals surface area contributed by atoms with Crippen molar-refractivity contribution in [3.63, 3.8) is 0 Å². The average molecular weight is 1060 g/mol. The van der Waals surface area contributed by atoms with Crippen LogP contribution in [0.3, 0.4) is 0 Å². The number of amides is 7. The Kier molecular flexibility index (Phi) is 27.3. The highest BCUT2D eigenvalue weighted by Gasteiger charge is 2.46. The van der Waals surface area contributed by atoms with Gasteiger partial charge in [-0.25, -0.2) is 0 Å². The van der Waals surface area contributed by atoms with Crippen LogP contribution in [0.25, 0.3) is 0 Å². The smallest absolute Gasteiger partial charge is 0.253 e. The monoisotopic (exact) mass is 1060 g/mol. The zero-order valence-corrected chi connectivity index (χ0v) is 45.7. The lowest BCUT2D eigenvalue weighted by atomic mass is 9.90. The van der Waals surface area contributed by atoms with Gasteiger partial charge in [0.2, 0.25) is 29.5 Å². The molecule has 21 heteroatoms. The molecule has 0 aromatic heterocycles. The van der Waals surface area contributed by atoms with Crippen molar-refractivity contribution in [2.24, 2.45) is 11.8 Å². The van der Waals surface area contributed by atoms with Crippen molar-refractivity contribution in [1.82, 2.24) is 30.7 Å². The first-order valence-electron chi connectivity index (χ1n) is 26.5. The summed E-state index contributed by atoms with van der Waals surface area (Å²) in [4.78, 5) is 95.0. The van der Waals surface area contributed by atoms with Gasteiger partial charge >= 0.3 is 0 Å². The van der Waals surface area contributed by atoms with Crippen LogP contribution in [-0.4, -0.2) is 213 Å². The third kappa shape index (κ3) is 20.2. The molecule has 75 heavy (non-hydrogen) atoms. The van der Waals surface area contributed by atoms with E-state index >= 15 is 0 Å². The second-order valence-electron chi connectivity index (χ2n) is 20.0. The van der Waals surface area contributed by atoms with Crippen LogP contribution in [0.4, 0.5) is 0 Å². The molecule has 21 nitrogen and oxygen atoms in total. The maximum absolute atomic E-state index is 14.2. The molecule has 6 atom stereocenters. The maximum Gasteiger partial charge on any atom is 0.253 e. The highest BCUT2D eigenvalue weighted by Crippen LogP contribution is 2.47. The van der Waals surface area contributed by atoms with Gasteiger partial charge in [0.25, 0.3) is 11.8 Å². The number of nitrogens with zero attached hydrogens (tertiary/aromatic N) is 3. The largest absolute Gasteiger partial charge is 0.379 e. The molecule has 2 fully saturated rings. The van der Waals surface area contributed by atoms with Gasteiger partial charge in [0.15, 0.2) is 0 Å². The Labute approximate surface area is 443 Å². The van der Waals surface area contributed by atoms with Gasteiger partial charge in [-0.3, -0.25) is 38.5 Å². The van der Waals surface area contributed by atoms with Gasteiger partial charge in [-0.1, -0.05) is 57.5 Å². The van der Waals surface area contributed by atoms with E-state index in [1.54, 1.807) is 32.9 Å². The summed E-state index contributed by atoms with van der Waals surface area (Å²) in [5.41, 5.74) is -0.150. The number of nitrogens with one attached hydrogen (secondary N) is 3. The molecule has 2 aliphatic heterocycles. The number of benzene rings is 1. The summed E-state index contributed by atoms with van der Waals surface area (Å²) in [5.74, 6) is -2.84. The summed E-state index contributed by atoms with van der Waals surface area (Å²) < 4.78 is 44.8. The van der Waals surface area contributed by atoms with Crippen molar-refractivity contribution < 1.29 is 71.5 Å². The summed E-state index contributed by atoms with van der Waals surface area (Å²) in [7, 11) is 4.76. The van der Waals surface area contributed by atoms with Crippen molar-refractivity contribution in [2.45, 2.75) is 115 Å². The fourth-order valence-electron chi connectivity index (χ4n) is 9.40. The van der Waals surface area contributed by atoms with Gasteiger partial charge in [0.1, 0.15) is 5.54 Å². The van der Waals surface area contributed by atoms with Crippen LogP contribution in [0.5, 0.6) is 0 Å². The van der Waals surface area contributed by atoms with Crippen molar-refractivity contribution in [1.29, 1.82) is 0 Å². The fourth-order valence-corrected chi connectivity index (χ4v) is 9.40. The first-order valence-corrected chi connectivity index (χ1v) is 26.5. The Morgan fingerprint density at radius 2 is 1.32 bits per heavy atom. The van der Waals surface area contributed by atoms with E-state index in [1.807, 2.05) is 39.0 Å². The van der Waals surface area contributed by atoms with E-state index in [1.165, 1.54) is 29.7 Å². The molecule has 0 spiro atoms. The molecule has 3 N–H and O–H groups in total. The van der Waals surface area contributed by atoms with Crippen molar-refractivity contribution in [3.05, 3.63) is 48.0 Å². The topological polar surface area (TPSA) is 239 Å². The van der Waals surface area contributed by atoms with Gasteiger partial charge in [0, 0.05) is 58.3 Å². The van der Waals surface area contributed by atoms with Gasteiger partial charge in [-0.05, 0) is 51.0 Å². The molecule has 1 aromatic carbocycles. The van der Waals surface area contributed by atoms with Crippen molar-refractivity contribution in [3.8, 4) is 0 Å². The lowest BCUT2D eigenvalue weighted by Crippen LogP contribution is -2.57. The Bertz CT molecular complexity index is 1970. The summed E-state index contributed by atoms with van der Waals surface area (Å²) in [6.45, 7) is 13.8.